The summed E-state index contributed by atoms with van der Waals surface area (Å²) in [7, 11) is -4.25. The summed E-state index contributed by atoms with van der Waals surface area (Å²) in [6.07, 6.45) is 2.88. The van der Waals surface area contributed by atoms with Crippen molar-refractivity contribution in [2.24, 2.45) is 0 Å². The van der Waals surface area contributed by atoms with Crippen molar-refractivity contribution in [1.29, 1.82) is 0 Å². The average molecular weight is 272 g/mol. The Kier molecular flexibility index (Phi) is 5.54. The number of ether oxygens (including phenoxy) is 1. The molecule has 1 rings (SSSR count). The summed E-state index contributed by atoms with van der Waals surface area (Å²) in [5.41, 5.74) is 0.295. The van der Waals surface area contributed by atoms with E-state index in [9.17, 15) is 9.36 Å². The fourth-order valence-electron chi connectivity index (χ4n) is 1.39. The zero-order valence-electron chi connectivity index (χ0n) is 10.2. The molecule has 0 aliphatic carbocycles. The van der Waals surface area contributed by atoms with Gasteiger partial charge < -0.3 is 14.5 Å². The number of esters is 1. The van der Waals surface area contributed by atoms with Gasteiger partial charge in [-0.3, -0.25) is 4.57 Å². The smallest absolute Gasteiger partial charge is 0.356 e. The first kappa shape index (κ1) is 14.9. The summed E-state index contributed by atoms with van der Waals surface area (Å²) < 4.78 is 16.0. The first-order valence-corrected chi connectivity index (χ1v) is 7.39. The second-order valence-electron chi connectivity index (χ2n) is 3.93. The maximum Gasteiger partial charge on any atom is 0.356 e. The lowest BCUT2D eigenvalue weighted by Gasteiger charge is -2.06. The molecule has 0 aromatic heterocycles. The minimum atomic E-state index is -4.25. The summed E-state index contributed by atoms with van der Waals surface area (Å²) >= 11 is 0. The van der Waals surface area contributed by atoms with Crippen molar-refractivity contribution in [3.8, 4) is 0 Å². The Balaban J connectivity index is 2.57. The highest BCUT2D eigenvalue weighted by Crippen LogP contribution is 2.32. The van der Waals surface area contributed by atoms with Crippen LogP contribution in [0.4, 0.5) is 0 Å². The largest absolute Gasteiger partial charge is 0.462 e. The van der Waals surface area contributed by atoms with Crippen molar-refractivity contribution < 1.29 is 23.9 Å². The lowest BCUT2D eigenvalue weighted by atomic mass is 10.2. The van der Waals surface area contributed by atoms with Crippen LogP contribution in [0.25, 0.3) is 0 Å². The normalized spacial score (nSPS) is 11.3. The number of benzene rings is 1. The topological polar surface area (TPSA) is 83.8 Å². The molecule has 0 spiro atoms. The van der Waals surface area contributed by atoms with Crippen molar-refractivity contribution in [1.82, 2.24) is 0 Å². The molecule has 0 heterocycles. The van der Waals surface area contributed by atoms with Crippen LogP contribution in [-0.2, 0) is 9.30 Å². The van der Waals surface area contributed by atoms with E-state index < -0.39 is 13.6 Å². The lowest BCUT2D eigenvalue weighted by Crippen LogP contribution is -2.09. The van der Waals surface area contributed by atoms with Gasteiger partial charge in [0.2, 0.25) is 0 Å². The van der Waals surface area contributed by atoms with Crippen LogP contribution >= 0.6 is 7.60 Å². The molecule has 6 heteroatoms. The quantitative estimate of drug-likeness (QED) is 0.469. The maximum atomic E-state index is 11.6. The molecule has 100 valence electrons. The number of hydrogen-bond donors (Lipinski definition) is 2. The molecular formula is C12H17O5P. The fraction of sp³-hybridized carbons (Fsp3) is 0.417. The Hall–Kier alpha value is -1.16. The van der Waals surface area contributed by atoms with E-state index >= 15 is 0 Å². The molecule has 0 saturated carbocycles. The molecule has 0 fully saturated rings. The summed E-state index contributed by atoms with van der Waals surface area (Å²) in [4.78, 5) is 29.4. The highest BCUT2D eigenvalue weighted by Gasteiger charge is 2.17. The van der Waals surface area contributed by atoms with Crippen molar-refractivity contribution in [2.45, 2.75) is 26.2 Å². The highest BCUT2D eigenvalue weighted by atomic mass is 31.2. The number of rotatable bonds is 6. The second-order valence-corrected chi connectivity index (χ2v) is 5.54. The van der Waals surface area contributed by atoms with Gasteiger partial charge in [0, 0.05) is 0 Å². The molecule has 0 unspecified atom stereocenters. The van der Waals surface area contributed by atoms with Gasteiger partial charge in [0.25, 0.3) is 0 Å². The van der Waals surface area contributed by atoms with Gasteiger partial charge in [-0.15, -0.1) is 0 Å². The molecule has 0 aliphatic heterocycles. The van der Waals surface area contributed by atoms with Crippen molar-refractivity contribution in [2.75, 3.05) is 6.61 Å². The standard InChI is InChI=1S/C12H17O5P/c1-2-3-4-9-17-12(13)10-5-7-11(8-6-10)18(14,15)16/h5-8H,2-4,9H2,1H3,(H2,14,15,16). The van der Waals surface area contributed by atoms with Crippen molar-refractivity contribution in [3.63, 3.8) is 0 Å². The minimum absolute atomic E-state index is 0.106. The van der Waals surface area contributed by atoms with Crippen LogP contribution < -0.4 is 5.30 Å². The Bertz CT molecular complexity index is 434. The second kappa shape index (κ2) is 6.69. The predicted octanol–water partition coefficient (Wildman–Crippen LogP) is 1.84. The number of carbonyl (C=O) groups excluding carboxylic acids is 1. The maximum absolute atomic E-state index is 11.6. The first-order chi connectivity index (χ1) is 8.45. The third kappa shape index (κ3) is 4.61. The van der Waals surface area contributed by atoms with Gasteiger partial charge in [-0.2, -0.15) is 0 Å². The molecule has 1 aromatic carbocycles. The monoisotopic (exact) mass is 272 g/mol. The summed E-state index contributed by atoms with van der Waals surface area (Å²) in [6.45, 7) is 2.43. The Morgan fingerprint density at radius 3 is 2.33 bits per heavy atom. The molecular weight excluding hydrogens is 255 g/mol. The van der Waals surface area contributed by atoms with E-state index in [4.69, 9.17) is 14.5 Å². The molecule has 0 saturated heterocycles. The lowest BCUT2D eigenvalue weighted by molar-refractivity contribution is 0.0498. The zero-order chi connectivity index (χ0) is 13.6. The molecule has 2 N–H and O–H groups in total. The van der Waals surface area contributed by atoms with Gasteiger partial charge in [-0.25, -0.2) is 4.79 Å². The SMILES string of the molecule is CCCCCOC(=O)c1ccc(P(=O)(O)O)cc1. The van der Waals surface area contributed by atoms with Crippen LogP contribution in [0.2, 0.25) is 0 Å². The zero-order valence-corrected chi connectivity index (χ0v) is 11.1. The molecule has 1 aromatic rings. The summed E-state index contributed by atoms with van der Waals surface area (Å²) in [5.74, 6) is -0.469. The van der Waals surface area contributed by atoms with Gasteiger partial charge in [-0.05, 0) is 30.7 Å². The van der Waals surface area contributed by atoms with E-state index in [2.05, 4.69) is 6.92 Å². The third-order valence-electron chi connectivity index (χ3n) is 2.42. The molecule has 5 nitrogen and oxygen atoms in total. The molecule has 18 heavy (non-hydrogen) atoms. The van der Waals surface area contributed by atoms with Gasteiger partial charge in [0.15, 0.2) is 0 Å². The summed E-state index contributed by atoms with van der Waals surface area (Å²) in [6, 6.07) is 5.19. The van der Waals surface area contributed by atoms with E-state index in [1.807, 2.05) is 0 Å². The Morgan fingerprint density at radius 1 is 1.22 bits per heavy atom. The number of carbonyl (C=O) groups is 1. The van der Waals surface area contributed by atoms with Crippen LogP contribution in [0.1, 0.15) is 36.5 Å². The van der Waals surface area contributed by atoms with Crippen LogP contribution in [-0.4, -0.2) is 22.4 Å². The van der Waals surface area contributed by atoms with E-state index in [0.29, 0.717) is 12.2 Å². The molecule has 0 amide bonds. The van der Waals surface area contributed by atoms with Gasteiger partial charge in [0.1, 0.15) is 0 Å². The fourth-order valence-corrected chi connectivity index (χ4v) is 1.93. The predicted molar refractivity (Wildman–Crippen MR) is 67.9 cm³/mol. The Labute approximate surface area is 106 Å². The molecule has 0 atom stereocenters. The number of unbranched alkanes of at least 4 members (excludes halogenated alkanes) is 2. The summed E-state index contributed by atoms with van der Waals surface area (Å²) in [5, 5.41) is -0.106. The van der Waals surface area contributed by atoms with Crippen molar-refractivity contribution >= 4 is 18.9 Å². The third-order valence-corrected chi connectivity index (χ3v) is 3.39. The first-order valence-electron chi connectivity index (χ1n) is 5.78. The van der Waals surface area contributed by atoms with Crippen LogP contribution in [0, 0.1) is 0 Å². The van der Waals surface area contributed by atoms with Crippen molar-refractivity contribution in [3.05, 3.63) is 29.8 Å². The molecule has 0 aliphatic rings. The van der Waals surface area contributed by atoms with E-state index in [0.717, 1.165) is 19.3 Å². The van der Waals surface area contributed by atoms with Gasteiger partial charge >= 0.3 is 13.6 Å². The van der Waals surface area contributed by atoms with E-state index in [-0.39, 0.29) is 5.30 Å². The van der Waals surface area contributed by atoms with E-state index in [1.165, 1.54) is 24.3 Å². The molecule has 0 bridgehead atoms. The van der Waals surface area contributed by atoms with Crippen LogP contribution in [0.15, 0.2) is 24.3 Å². The van der Waals surface area contributed by atoms with E-state index in [1.54, 1.807) is 0 Å². The van der Waals surface area contributed by atoms with Gasteiger partial charge in [0.05, 0.1) is 17.5 Å². The molecule has 0 radical (unpaired) electrons. The average Bonchev–Trinajstić information content (AvgIpc) is 2.33. The van der Waals surface area contributed by atoms with Gasteiger partial charge in [-0.1, -0.05) is 19.8 Å². The minimum Gasteiger partial charge on any atom is -0.462 e. The van der Waals surface area contributed by atoms with Crippen LogP contribution in [0.3, 0.4) is 0 Å². The Morgan fingerprint density at radius 2 is 1.83 bits per heavy atom. The highest BCUT2D eigenvalue weighted by molar-refractivity contribution is 7.60. The van der Waals surface area contributed by atoms with Crippen LogP contribution in [0.5, 0.6) is 0 Å². The number of hydrogen-bond acceptors (Lipinski definition) is 3.